The van der Waals surface area contributed by atoms with Crippen LogP contribution in [0.4, 0.5) is 0 Å². The maximum absolute atomic E-state index is 5.77. The minimum Gasteiger partial charge on any atom is -0.354 e. The van der Waals surface area contributed by atoms with Crippen molar-refractivity contribution in [1.29, 1.82) is 0 Å². The quantitative estimate of drug-likeness (QED) is 0.373. The van der Waals surface area contributed by atoms with Gasteiger partial charge in [-0.05, 0) is 61.9 Å². The van der Waals surface area contributed by atoms with Crippen molar-refractivity contribution in [1.82, 2.24) is 9.97 Å². The summed E-state index contributed by atoms with van der Waals surface area (Å²) in [6.07, 6.45) is 8.61. The number of aryl methyl sites for hydroxylation is 2. The van der Waals surface area contributed by atoms with Crippen LogP contribution in [0.1, 0.15) is 43.7 Å². The Bertz CT molecular complexity index is 1070. The molecule has 0 fully saturated rings. The molecule has 0 saturated carbocycles. The van der Waals surface area contributed by atoms with Crippen LogP contribution in [0.15, 0.2) is 54.7 Å². The maximum atomic E-state index is 5.77. The summed E-state index contributed by atoms with van der Waals surface area (Å²) < 4.78 is 0. The van der Waals surface area contributed by atoms with E-state index in [2.05, 4.69) is 59.4 Å². The zero-order chi connectivity index (χ0) is 19.3. The minimum absolute atomic E-state index is 0.748. The Balaban J connectivity index is 1.91. The summed E-state index contributed by atoms with van der Waals surface area (Å²) in [4.78, 5) is 8.37. The molecule has 0 aliphatic carbocycles. The number of rotatable bonds is 8. The molecule has 3 nitrogen and oxygen atoms in total. The Hall–Kier alpha value is -2.65. The van der Waals surface area contributed by atoms with Gasteiger partial charge in [0.25, 0.3) is 0 Å². The highest BCUT2D eigenvalue weighted by molar-refractivity contribution is 6.00. The highest BCUT2D eigenvalue weighted by Gasteiger charge is 2.16. The van der Waals surface area contributed by atoms with Gasteiger partial charge >= 0.3 is 0 Å². The molecule has 144 valence electrons. The molecule has 2 heterocycles. The number of H-pyrrole nitrogens is 1. The van der Waals surface area contributed by atoms with Gasteiger partial charge in [-0.3, -0.25) is 4.98 Å². The van der Waals surface area contributed by atoms with E-state index in [1.165, 1.54) is 51.5 Å². The second-order valence-electron chi connectivity index (χ2n) is 7.54. The number of unbranched alkanes of at least 4 members (excludes halogenated alkanes) is 2. The van der Waals surface area contributed by atoms with E-state index in [9.17, 15) is 0 Å². The summed E-state index contributed by atoms with van der Waals surface area (Å²) in [5, 5.41) is 2.56. The normalized spacial score (nSPS) is 11.5. The molecule has 0 aliphatic heterocycles. The fourth-order valence-corrected chi connectivity index (χ4v) is 4.17. The molecule has 2 aromatic heterocycles. The van der Waals surface area contributed by atoms with Gasteiger partial charge in [-0.15, -0.1) is 0 Å². The van der Waals surface area contributed by atoms with E-state index in [1.807, 2.05) is 12.3 Å². The smallest absolute Gasteiger partial charge is 0.0708 e. The predicted octanol–water partition coefficient (Wildman–Crippen LogP) is 6.01. The molecule has 0 bridgehead atoms. The van der Waals surface area contributed by atoms with E-state index in [4.69, 9.17) is 5.73 Å². The van der Waals surface area contributed by atoms with Crippen molar-refractivity contribution in [2.45, 2.75) is 45.4 Å². The summed E-state index contributed by atoms with van der Waals surface area (Å²) in [5.74, 6) is 0. The molecule has 0 aliphatic rings. The van der Waals surface area contributed by atoms with E-state index in [0.717, 1.165) is 37.7 Å². The lowest BCUT2D eigenvalue weighted by Gasteiger charge is -2.08. The number of para-hydroxylation sites is 1. The topological polar surface area (TPSA) is 54.7 Å². The number of hydrogen-bond donors (Lipinski definition) is 2. The van der Waals surface area contributed by atoms with E-state index in [1.54, 1.807) is 0 Å². The molecule has 0 spiro atoms. The summed E-state index contributed by atoms with van der Waals surface area (Å²) in [5.41, 5.74) is 13.4. The fraction of sp³-hybridized carbons (Fsp3) is 0.320. The molecular weight excluding hydrogens is 342 g/mol. The van der Waals surface area contributed by atoms with Crippen molar-refractivity contribution < 1.29 is 0 Å². The summed E-state index contributed by atoms with van der Waals surface area (Å²) in [7, 11) is 0. The molecule has 0 saturated heterocycles. The highest BCUT2D eigenvalue weighted by Crippen LogP contribution is 2.36. The number of nitrogens with one attached hydrogen (secondary N) is 1. The molecular formula is C25H29N3. The van der Waals surface area contributed by atoms with Crippen molar-refractivity contribution in [2.24, 2.45) is 5.73 Å². The number of fused-ring (bicyclic) bond motifs is 2. The molecule has 4 aromatic rings. The molecule has 3 heteroatoms. The van der Waals surface area contributed by atoms with Crippen molar-refractivity contribution in [2.75, 3.05) is 6.54 Å². The van der Waals surface area contributed by atoms with Crippen molar-refractivity contribution in [3.8, 4) is 11.3 Å². The van der Waals surface area contributed by atoms with Crippen LogP contribution in [0.2, 0.25) is 0 Å². The second-order valence-corrected chi connectivity index (χ2v) is 7.54. The third-order valence-electron chi connectivity index (χ3n) is 5.62. The van der Waals surface area contributed by atoms with Crippen LogP contribution in [-0.2, 0) is 12.8 Å². The van der Waals surface area contributed by atoms with Crippen LogP contribution in [-0.4, -0.2) is 16.5 Å². The molecule has 0 unspecified atom stereocenters. The SMILES string of the molecule is CCCCc1cccc2c(CCCCN)c(-c3cccc4ncccc34)[nH]c12. The van der Waals surface area contributed by atoms with Crippen molar-refractivity contribution in [3.05, 3.63) is 65.9 Å². The molecule has 4 rings (SSSR count). The number of benzene rings is 2. The first-order chi connectivity index (χ1) is 13.8. The van der Waals surface area contributed by atoms with Crippen LogP contribution in [0.25, 0.3) is 33.1 Å². The van der Waals surface area contributed by atoms with Gasteiger partial charge < -0.3 is 10.7 Å². The van der Waals surface area contributed by atoms with Gasteiger partial charge in [-0.2, -0.15) is 0 Å². The van der Waals surface area contributed by atoms with Crippen molar-refractivity contribution in [3.63, 3.8) is 0 Å². The van der Waals surface area contributed by atoms with Gasteiger partial charge in [-0.1, -0.05) is 49.7 Å². The van der Waals surface area contributed by atoms with Gasteiger partial charge in [0.1, 0.15) is 0 Å². The Morgan fingerprint density at radius 2 is 1.75 bits per heavy atom. The lowest BCUT2D eigenvalue weighted by Crippen LogP contribution is -1.99. The van der Waals surface area contributed by atoms with E-state index in [-0.39, 0.29) is 0 Å². The first-order valence-electron chi connectivity index (χ1n) is 10.5. The van der Waals surface area contributed by atoms with Crippen LogP contribution in [0, 0.1) is 0 Å². The van der Waals surface area contributed by atoms with Crippen LogP contribution in [0.5, 0.6) is 0 Å². The summed E-state index contributed by atoms with van der Waals surface area (Å²) in [6.45, 7) is 3.00. The molecule has 2 aromatic carbocycles. The van der Waals surface area contributed by atoms with Gasteiger partial charge in [-0.25, -0.2) is 0 Å². The minimum atomic E-state index is 0.748. The Labute approximate surface area is 167 Å². The fourth-order valence-electron chi connectivity index (χ4n) is 4.17. The predicted molar refractivity (Wildman–Crippen MR) is 120 cm³/mol. The Morgan fingerprint density at radius 1 is 0.893 bits per heavy atom. The lowest BCUT2D eigenvalue weighted by atomic mass is 9.97. The van der Waals surface area contributed by atoms with Gasteiger partial charge in [0.05, 0.1) is 11.2 Å². The average Bonchev–Trinajstić information content (AvgIpc) is 3.11. The van der Waals surface area contributed by atoms with Crippen LogP contribution >= 0.6 is 0 Å². The Morgan fingerprint density at radius 3 is 2.61 bits per heavy atom. The molecule has 0 amide bonds. The number of hydrogen-bond acceptors (Lipinski definition) is 2. The zero-order valence-electron chi connectivity index (χ0n) is 16.7. The van der Waals surface area contributed by atoms with Gasteiger partial charge in [0.15, 0.2) is 0 Å². The highest BCUT2D eigenvalue weighted by atomic mass is 14.7. The van der Waals surface area contributed by atoms with Crippen LogP contribution in [0.3, 0.4) is 0 Å². The van der Waals surface area contributed by atoms with Gasteiger partial charge in [0, 0.05) is 28.0 Å². The maximum Gasteiger partial charge on any atom is 0.0708 e. The number of nitrogens with zero attached hydrogens (tertiary/aromatic N) is 1. The average molecular weight is 372 g/mol. The monoisotopic (exact) mass is 371 g/mol. The lowest BCUT2D eigenvalue weighted by molar-refractivity contribution is 0.748. The molecule has 0 atom stereocenters. The summed E-state index contributed by atoms with van der Waals surface area (Å²) >= 11 is 0. The standard InChI is InChI=1S/C25H29N3/c1-2-3-9-18-10-6-12-21-22(11-4-5-16-26)25(28-24(18)21)20-13-7-15-23-19(20)14-8-17-27-23/h6-8,10,12-15,17,28H,2-5,9,11,16,26H2,1H3. The van der Waals surface area contributed by atoms with E-state index < -0.39 is 0 Å². The number of nitrogens with two attached hydrogens (primary N) is 1. The second kappa shape index (κ2) is 8.57. The zero-order valence-corrected chi connectivity index (χ0v) is 16.7. The number of pyridine rings is 1. The van der Waals surface area contributed by atoms with E-state index >= 15 is 0 Å². The van der Waals surface area contributed by atoms with Gasteiger partial charge in [0.2, 0.25) is 0 Å². The third kappa shape index (κ3) is 3.55. The van der Waals surface area contributed by atoms with Crippen LogP contribution < -0.4 is 5.73 Å². The van der Waals surface area contributed by atoms with E-state index in [0.29, 0.717) is 0 Å². The first kappa shape index (κ1) is 18.7. The first-order valence-corrected chi connectivity index (χ1v) is 10.5. The van der Waals surface area contributed by atoms with Crippen molar-refractivity contribution >= 4 is 21.8 Å². The Kier molecular flexibility index (Phi) is 5.73. The summed E-state index contributed by atoms with van der Waals surface area (Å²) in [6, 6.07) is 17.4. The third-order valence-corrected chi connectivity index (χ3v) is 5.62. The molecule has 0 radical (unpaired) electrons. The number of aromatic amines is 1. The number of aromatic nitrogens is 2. The molecule has 28 heavy (non-hydrogen) atoms. The largest absolute Gasteiger partial charge is 0.354 e. The molecule has 3 N–H and O–H groups in total.